The van der Waals surface area contributed by atoms with Crippen LogP contribution in [0.25, 0.3) is 0 Å². The highest BCUT2D eigenvalue weighted by Crippen LogP contribution is 2.10. The van der Waals surface area contributed by atoms with E-state index in [9.17, 15) is 0 Å². The summed E-state index contributed by atoms with van der Waals surface area (Å²) < 4.78 is 5.15. The zero-order valence-electron chi connectivity index (χ0n) is 11.7. The van der Waals surface area contributed by atoms with Gasteiger partial charge in [-0.15, -0.1) is 0 Å². The van der Waals surface area contributed by atoms with Crippen LogP contribution in [0.15, 0.2) is 0 Å². The summed E-state index contributed by atoms with van der Waals surface area (Å²) in [7, 11) is 1.71. The van der Waals surface area contributed by atoms with E-state index in [-0.39, 0.29) is 6.10 Å². The maximum atomic E-state index is 5.22. The van der Waals surface area contributed by atoms with Gasteiger partial charge < -0.3 is 15.4 Å². The van der Waals surface area contributed by atoms with Crippen molar-refractivity contribution in [1.82, 2.24) is 10.6 Å². The average Bonchev–Trinajstić information content (AvgIpc) is 2.36. The molecule has 0 aliphatic heterocycles. The highest BCUT2D eigenvalue weighted by molar-refractivity contribution is 7.80. The minimum atomic E-state index is 0.191. The van der Waals surface area contributed by atoms with Crippen LogP contribution >= 0.6 is 12.2 Å². The first-order valence-corrected chi connectivity index (χ1v) is 7.09. The van der Waals surface area contributed by atoms with Gasteiger partial charge in [-0.3, -0.25) is 0 Å². The van der Waals surface area contributed by atoms with Crippen molar-refractivity contribution in [2.45, 2.75) is 52.6 Å². The molecule has 0 saturated carbocycles. The van der Waals surface area contributed by atoms with Crippen LogP contribution in [0.4, 0.5) is 0 Å². The molecule has 17 heavy (non-hydrogen) atoms. The van der Waals surface area contributed by atoms with Gasteiger partial charge in [-0.2, -0.15) is 0 Å². The van der Waals surface area contributed by atoms with Gasteiger partial charge in [0.2, 0.25) is 0 Å². The van der Waals surface area contributed by atoms with Gasteiger partial charge in [0.05, 0.1) is 6.10 Å². The number of rotatable bonds is 9. The first kappa shape index (κ1) is 16.6. The molecule has 2 atom stereocenters. The van der Waals surface area contributed by atoms with E-state index in [1.807, 2.05) is 6.92 Å². The Morgan fingerprint density at radius 1 is 1.24 bits per heavy atom. The molecule has 3 nitrogen and oxygen atoms in total. The summed E-state index contributed by atoms with van der Waals surface area (Å²) in [4.78, 5) is 0. The Morgan fingerprint density at radius 3 is 2.41 bits per heavy atom. The second-order valence-electron chi connectivity index (χ2n) is 4.55. The SMILES string of the molecule is CCCCC(CC)CNC(=S)NCC(C)OC. The van der Waals surface area contributed by atoms with Crippen molar-refractivity contribution in [2.75, 3.05) is 20.2 Å². The molecule has 0 fully saturated rings. The van der Waals surface area contributed by atoms with Gasteiger partial charge in [0.15, 0.2) is 5.11 Å². The van der Waals surface area contributed by atoms with Crippen LogP contribution in [-0.2, 0) is 4.74 Å². The molecule has 0 aliphatic carbocycles. The lowest BCUT2D eigenvalue weighted by molar-refractivity contribution is 0.121. The monoisotopic (exact) mass is 260 g/mol. The first-order valence-electron chi connectivity index (χ1n) is 6.68. The quantitative estimate of drug-likeness (QED) is 0.625. The fourth-order valence-corrected chi connectivity index (χ4v) is 1.73. The lowest BCUT2D eigenvalue weighted by Gasteiger charge is -2.18. The van der Waals surface area contributed by atoms with Crippen LogP contribution in [0.5, 0.6) is 0 Å². The molecule has 0 bridgehead atoms. The number of ether oxygens (including phenoxy) is 1. The molecular formula is C13H28N2OS. The zero-order valence-corrected chi connectivity index (χ0v) is 12.5. The molecule has 0 aromatic rings. The Bertz CT molecular complexity index is 200. The molecule has 0 heterocycles. The molecule has 0 spiro atoms. The van der Waals surface area contributed by atoms with Gasteiger partial charge in [0.25, 0.3) is 0 Å². The van der Waals surface area contributed by atoms with Crippen molar-refractivity contribution < 1.29 is 4.74 Å². The summed E-state index contributed by atoms with van der Waals surface area (Å²) in [6, 6.07) is 0. The van der Waals surface area contributed by atoms with E-state index in [1.54, 1.807) is 7.11 Å². The van der Waals surface area contributed by atoms with E-state index in [2.05, 4.69) is 24.5 Å². The Kier molecular flexibility index (Phi) is 10.6. The van der Waals surface area contributed by atoms with Gasteiger partial charge in [-0.1, -0.05) is 33.1 Å². The van der Waals surface area contributed by atoms with Crippen molar-refractivity contribution in [3.63, 3.8) is 0 Å². The summed E-state index contributed by atoms with van der Waals surface area (Å²) in [5, 5.41) is 7.19. The van der Waals surface area contributed by atoms with E-state index >= 15 is 0 Å². The molecule has 2 N–H and O–H groups in total. The van der Waals surface area contributed by atoms with Gasteiger partial charge in [0.1, 0.15) is 0 Å². The molecular weight excluding hydrogens is 232 g/mol. The van der Waals surface area contributed by atoms with Crippen LogP contribution in [0.1, 0.15) is 46.5 Å². The Hall–Kier alpha value is -0.350. The largest absolute Gasteiger partial charge is 0.380 e. The fraction of sp³-hybridized carbons (Fsp3) is 0.923. The summed E-state index contributed by atoms with van der Waals surface area (Å²) in [6.07, 6.45) is 5.27. The van der Waals surface area contributed by atoms with E-state index in [0.717, 1.165) is 24.1 Å². The summed E-state index contributed by atoms with van der Waals surface area (Å²) in [6.45, 7) is 8.23. The maximum absolute atomic E-state index is 5.22. The standard InChI is InChI=1S/C13H28N2OS/c1-5-7-8-12(6-2)10-15-13(17)14-9-11(3)16-4/h11-12H,5-10H2,1-4H3,(H2,14,15,17). The van der Waals surface area contributed by atoms with Gasteiger partial charge in [0, 0.05) is 20.2 Å². The third-order valence-corrected chi connectivity index (χ3v) is 3.34. The number of methoxy groups -OCH3 is 1. The molecule has 0 amide bonds. The topological polar surface area (TPSA) is 33.3 Å². The van der Waals surface area contributed by atoms with Crippen molar-refractivity contribution in [3.05, 3.63) is 0 Å². The lowest BCUT2D eigenvalue weighted by atomic mass is 9.99. The molecule has 0 rings (SSSR count). The van der Waals surface area contributed by atoms with Crippen molar-refractivity contribution in [3.8, 4) is 0 Å². The third-order valence-electron chi connectivity index (χ3n) is 3.05. The van der Waals surface area contributed by atoms with E-state index in [0.29, 0.717) is 0 Å². The van der Waals surface area contributed by atoms with Crippen molar-refractivity contribution >= 4 is 17.3 Å². The maximum Gasteiger partial charge on any atom is 0.166 e. The predicted molar refractivity (Wildman–Crippen MR) is 78.4 cm³/mol. The highest BCUT2D eigenvalue weighted by atomic mass is 32.1. The van der Waals surface area contributed by atoms with Crippen LogP contribution in [0.2, 0.25) is 0 Å². The summed E-state index contributed by atoms with van der Waals surface area (Å²) >= 11 is 5.22. The molecule has 0 radical (unpaired) electrons. The van der Waals surface area contributed by atoms with Crippen LogP contribution in [0, 0.1) is 5.92 Å². The Labute approximate surface area is 112 Å². The van der Waals surface area contributed by atoms with Gasteiger partial charge in [-0.05, 0) is 31.5 Å². The van der Waals surface area contributed by atoms with Crippen LogP contribution in [0.3, 0.4) is 0 Å². The minimum Gasteiger partial charge on any atom is -0.380 e. The number of hydrogen-bond donors (Lipinski definition) is 2. The van der Waals surface area contributed by atoms with Crippen molar-refractivity contribution in [2.24, 2.45) is 5.92 Å². The Balaban J connectivity index is 3.65. The first-order chi connectivity index (χ1) is 8.13. The molecule has 0 aromatic heterocycles. The fourth-order valence-electron chi connectivity index (χ4n) is 1.56. The molecule has 4 heteroatoms. The van der Waals surface area contributed by atoms with E-state index in [4.69, 9.17) is 17.0 Å². The second-order valence-corrected chi connectivity index (χ2v) is 4.96. The molecule has 0 aliphatic rings. The van der Waals surface area contributed by atoms with E-state index in [1.165, 1.54) is 25.7 Å². The number of hydrogen-bond acceptors (Lipinski definition) is 2. The minimum absolute atomic E-state index is 0.191. The van der Waals surface area contributed by atoms with Crippen LogP contribution < -0.4 is 10.6 Å². The van der Waals surface area contributed by atoms with E-state index < -0.39 is 0 Å². The van der Waals surface area contributed by atoms with Gasteiger partial charge >= 0.3 is 0 Å². The number of nitrogens with one attached hydrogen (secondary N) is 2. The molecule has 102 valence electrons. The number of thiocarbonyl (C=S) groups is 1. The van der Waals surface area contributed by atoms with Gasteiger partial charge in [-0.25, -0.2) is 0 Å². The van der Waals surface area contributed by atoms with Crippen molar-refractivity contribution in [1.29, 1.82) is 0 Å². The molecule has 0 aromatic carbocycles. The summed E-state index contributed by atoms with van der Waals surface area (Å²) in [5.41, 5.74) is 0. The Morgan fingerprint density at radius 2 is 1.88 bits per heavy atom. The normalized spacial score (nSPS) is 14.1. The van der Waals surface area contributed by atoms with Crippen LogP contribution in [-0.4, -0.2) is 31.4 Å². The third kappa shape index (κ3) is 9.36. The summed E-state index contributed by atoms with van der Waals surface area (Å²) in [5.74, 6) is 0.731. The average molecular weight is 260 g/mol. The zero-order chi connectivity index (χ0) is 13.1. The number of unbranched alkanes of at least 4 members (excludes halogenated alkanes) is 1. The molecule has 0 saturated heterocycles. The molecule has 2 unspecified atom stereocenters. The second kappa shape index (κ2) is 10.8. The highest BCUT2D eigenvalue weighted by Gasteiger charge is 2.06. The smallest absolute Gasteiger partial charge is 0.166 e. The lowest BCUT2D eigenvalue weighted by Crippen LogP contribution is -2.41. The predicted octanol–water partition coefficient (Wildman–Crippen LogP) is 2.70.